The van der Waals surface area contributed by atoms with Gasteiger partial charge in [-0.1, -0.05) is 43.5 Å². The summed E-state index contributed by atoms with van der Waals surface area (Å²) in [6, 6.07) is 4.86. The molecule has 1 atom stereocenters. The fourth-order valence-corrected chi connectivity index (χ4v) is 1.98. The average molecular weight is 289 g/mol. The van der Waals surface area contributed by atoms with Crippen molar-refractivity contribution in [2.24, 2.45) is 5.92 Å². The van der Waals surface area contributed by atoms with E-state index in [2.05, 4.69) is 13.8 Å². The van der Waals surface area contributed by atoms with Crippen molar-refractivity contribution in [3.63, 3.8) is 0 Å². The second-order valence-electron chi connectivity index (χ2n) is 4.46. The molecule has 1 aromatic carbocycles. The molecular formula is C14H18Cl2O2. The lowest BCUT2D eigenvalue weighted by molar-refractivity contribution is 0.0683. The highest BCUT2D eigenvalue weighted by molar-refractivity contribution is 6.42. The van der Waals surface area contributed by atoms with Gasteiger partial charge in [0.1, 0.15) is 6.61 Å². The Bertz CT molecular complexity index is 405. The van der Waals surface area contributed by atoms with E-state index in [-0.39, 0.29) is 12.4 Å². The molecule has 1 unspecified atom stereocenters. The van der Waals surface area contributed by atoms with Crippen LogP contribution >= 0.6 is 23.2 Å². The lowest BCUT2D eigenvalue weighted by Crippen LogP contribution is -2.13. The van der Waals surface area contributed by atoms with E-state index in [9.17, 15) is 4.79 Å². The molecule has 0 aliphatic heterocycles. The first-order chi connectivity index (χ1) is 8.54. The van der Waals surface area contributed by atoms with Gasteiger partial charge in [0.15, 0.2) is 5.78 Å². The van der Waals surface area contributed by atoms with Gasteiger partial charge < -0.3 is 4.74 Å². The van der Waals surface area contributed by atoms with Crippen molar-refractivity contribution in [2.45, 2.75) is 26.7 Å². The molecule has 100 valence electrons. The maximum Gasteiger partial charge on any atom is 0.188 e. The van der Waals surface area contributed by atoms with Crippen molar-refractivity contribution in [2.75, 3.05) is 13.2 Å². The molecule has 0 amide bonds. The van der Waals surface area contributed by atoms with Gasteiger partial charge in [-0.2, -0.15) is 0 Å². The van der Waals surface area contributed by atoms with Crippen LogP contribution < -0.4 is 0 Å². The minimum absolute atomic E-state index is 0.0720. The number of rotatable bonds is 7. The second-order valence-corrected chi connectivity index (χ2v) is 5.28. The maximum atomic E-state index is 11.8. The van der Waals surface area contributed by atoms with Crippen LogP contribution in [0.5, 0.6) is 0 Å². The molecule has 0 radical (unpaired) electrons. The number of Topliss-reactive ketones (excluding diaryl/α,β-unsaturated/α-hetero) is 1. The first-order valence-electron chi connectivity index (χ1n) is 6.10. The molecule has 1 aromatic rings. The van der Waals surface area contributed by atoms with E-state index in [4.69, 9.17) is 27.9 Å². The molecule has 0 fully saturated rings. The van der Waals surface area contributed by atoms with E-state index in [0.29, 0.717) is 28.1 Å². The Kier molecular flexibility index (Phi) is 6.69. The van der Waals surface area contributed by atoms with Crippen LogP contribution in [-0.2, 0) is 4.74 Å². The summed E-state index contributed by atoms with van der Waals surface area (Å²) in [5.74, 6) is 0.411. The summed E-state index contributed by atoms with van der Waals surface area (Å²) >= 11 is 11.7. The molecule has 0 aliphatic rings. The van der Waals surface area contributed by atoms with Crippen LogP contribution in [0, 0.1) is 5.92 Å². The zero-order valence-corrected chi connectivity index (χ0v) is 12.2. The van der Waals surface area contributed by atoms with Gasteiger partial charge in [0, 0.05) is 12.2 Å². The predicted octanol–water partition coefficient (Wildman–Crippen LogP) is 4.63. The Morgan fingerprint density at radius 1 is 1.33 bits per heavy atom. The van der Waals surface area contributed by atoms with Gasteiger partial charge in [0.2, 0.25) is 0 Å². The van der Waals surface area contributed by atoms with Crippen LogP contribution in [0.15, 0.2) is 18.2 Å². The normalized spacial score (nSPS) is 12.4. The Hall–Kier alpha value is -0.570. The number of carbonyl (C=O) groups excluding carboxylic acids is 1. The Balaban J connectivity index is 2.43. The van der Waals surface area contributed by atoms with Crippen molar-refractivity contribution >= 4 is 29.0 Å². The minimum Gasteiger partial charge on any atom is -0.373 e. The van der Waals surface area contributed by atoms with Gasteiger partial charge in [-0.25, -0.2) is 0 Å². The third-order valence-corrected chi connectivity index (χ3v) is 3.40. The van der Waals surface area contributed by atoms with E-state index in [0.717, 1.165) is 12.8 Å². The minimum atomic E-state index is -0.0720. The molecule has 4 heteroatoms. The highest BCUT2D eigenvalue weighted by Crippen LogP contribution is 2.22. The Labute approximate surface area is 118 Å². The van der Waals surface area contributed by atoms with Crippen LogP contribution in [0.3, 0.4) is 0 Å². The first-order valence-corrected chi connectivity index (χ1v) is 6.86. The quantitative estimate of drug-likeness (QED) is 0.684. The highest BCUT2D eigenvalue weighted by Gasteiger charge is 2.09. The van der Waals surface area contributed by atoms with Crippen LogP contribution in [0.25, 0.3) is 0 Å². The van der Waals surface area contributed by atoms with Crippen molar-refractivity contribution in [1.29, 1.82) is 0 Å². The summed E-state index contributed by atoms with van der Waals surface area (Å²) in [5, 5.41) is 0.840. The first kappa shape index (κ1) is 15.5. The Morgan fingerprint density at radius 2 is 2.06 bits per heavy atom. The number of benzene rings is 1. The van der Waals surface area contributed by atoms with Gasteiger partial charge in [0.05, 0.1) is 10.0 Å². The third kappa shape index (κ3) is 4.97. The topological polar surface area (TPSA) is 26.3 Å². The number of hydrogen-bond acceptors (Lipinski definition) is 2. The van der Waals surface area contributed by atoms with Gasteiger partial charge in [-0.05, 0) is 30.5 Å². The maximum absolute atomic E-state index is 11.8. The number of ether oxygens (including phenoxy) is 1. The van der Waals surface area contributed by atoms with Crippen LogP contribution in [0.2, 0.25) is 10.0 Å². The summed E-state index contributed by atoms with van der Waals surface area (Å²) in [6.45, 7) is 4.96. The Morgan fingerprint density at radius 3 is 2.67 bits per heavy atom. The number of halogens is 2. The van der Waals surface area contributed by atoms with E-state index >= 15 is 0 Å². The van der Waals surface area contributed by atoms with E-state index in [1.165, 1.54) is 0 Å². The summed E-state index contributed by atoms with van der Waals surface area (Å²) < 4.78 is 5.41. The van der Waals surface area contributed by atoms with Gasteiger partial charge in [0.25, 0.3) is 0 Å². The third-order valence-electron chi connectivity index (χ3n) is 2.66. The molecule has 0 bridgehead atoms. The largest absolute Gasteiger partial charge is 0.373 e. The van der Waals surface area contributed by atoms with Gasteiger partial charge >= 0.3 is 0 Å². The van der Waals surface area contributed by atoms with E-state index in [1.807, 2.05) is 0 Å². The van der Waals surface area contributed by atoms with Crippen molar-refractivity contribution in [3.8, 4) is 0 Å². The van der Waals surface area contributed by atoms with Crippen molar-refractivity contribution in [1.82, 2.24) is 0 Å². The summed E-state index contributed by atoms with van der Waals surface area (Å²) in [7, 11) is 0. The SMILES string of the molecule is CCCC(C)COCC(=O)c1ccc(Cl)c(Cl)c1. The number of ketones is 1. The molecule has 0 aliphatic carbocycles. The molecule has 0 aromatic heterocycles. The number of carbonyl (C=O) groups is 1. The molecule has 0 saturated heterocycles. The smallest absolute Gasteiger partial charge is 0.188 e. The summed E-state index contributed by atoms with van der Waals surface area (Å²) in [4.78, 5) is 11.8. The van der Waals surface area contributed by atoms with Crippen molar-refractivity contribution < 1.29 is 9.53 Å². The van der Waals surface area contributed by atoms with Gasteiger partial charge in [-0.3, -0.25) is 4.79 Å². The van der Waals surface area contributed by atoms with Gasteiger partial charge in [-0.15, -0.1) is 0 Å². The lowest BCUT2D eigenvalue weighted by Gasteiger charge is -2.10. The molecule has 0 saturated carbocycles. The van der Waals surface area contributed by atoms with Crippen LogP contribution in [0.1, 0.15) is 37.0 Å². The second kappa shape index (κ2) is 7.78. The van der Waals surface area contributed by atoms with Crippen LogP contribution in [-0.4, -0.2) is 19.0 Å². The van der Waals surface area contributed by atoms with Crippen molar-refractivity contribution in [3.05, 3.63) is 33.8 Å². The molecule has 18 heavy (non-hydrogen) atoms. The monoisotopic (exact) mass is 288 g/mol. The molecular weight excluding hydrogens is 271 g/mol. The predicted molar refractivity (Wildman–Crippen MR) is 75.7 cm³/mol. The lowest BCUT2D eigenvalue weighted by atomic mass is 10.1. The fourth-order valence-electron chi connectivity index (χ4n) is 1.68. The molecule has 0 spiro atoms. The van der Waals surface area contributed by atoms with E-state index < -0.39 is 0 Å². The zero-order valence-electron chi connectivity index (χ0n) is 10.7. The molecule has 0 heterocycles. The summed E-state index contributed by atoms with van der Waals surface area (Å²) in [6.07, 6.45) is 2.24. The highest BCUT2D eigenvalue weighted by atomic mass is 35.5. The van der Waals surface area contributed by atoms with Crippen LogP contribution in [0.4, 0.5) is 0 Å². The molecule has 0 N–H and O–H groups in total. The number of hydrogen-bond donors (Lipinski definition) is 0. The summed E-state index contributed by atoms with van der Waals surface area (Å²) in [5.41, 5.74) is 0.535. The zero-order chi connectivity index (χ0) is 13.5. The fraction of sp³-hybridized carbons (Fsp3) is 0.500. The average Bonchev–Trinajstić information content (AvgIpc) is 2.33. The molecule has 1 rings (SSSR count). The molecule has 2 nitrogen and oxygen atoms in total. The van der Waals surface area contributed by atoms with E-state index in [1.54, 1.807) is 18.2 Å². The standard InChI is InChI=1S/C14H18Cl2O2/c1-3-4-10(2)8-18-9-14(17)11-5-6-12(15)13(16)7-11/h5-7,10H,3-4,8-9H2,1-2H3.